The largest absolute Gasteiger partial charge is 0.490 e. The van der Waals surface area contributed by atoms with Crippen molar-refractivity contribution in [3.63, 3.8) is 0 Å². The molecule has 134 valence electrons. The second-order valence-electron chi connectivity index (χ2n) is 6.77. The zero-order chi connectivity index (χ0) is 17.2. The molecular formula is C17H26N2O4S. The van der Waals surface area contributed by atoms with Crippen LogP contribution >= 0.6 is 0 Å². The Kier molecular flexibility index (Phi) is 5.03. The Morgan fingerprint density at radius 1 is 1.21 bits per heavy atom. The molecule has 1 aliphatic carbocycles. The third-order valence-electron chi connectivity index (χ3n) is 5.18. The number of hydrogen-bond acceptors (Lipinski definition) is 5. The lowest BCUT2D eigenvalue weighted by molar-refractivity contribution is 0.191. The predicted molar refractivity (Wildman–Crippen MR) is 91.8 cm³/mol. The van der Waals surface area contributed by atoms with E-state index in [2.05, 4.69) is 11.6 Å². The van der Waals surface area contributed by atoms with E-state index in [4.69, 9.17) is 15.2 Å². The first-order valence-electron chi connectivity index (χ1n) is 8.60. The van der Waals surface area contributed by atoms with E-state index < -0.39 is 15.6 Å². The molecule has 1 heterocycles. The first-order chi connectivity index (χ1) is 11.5. The Morgan fingerprint density at radius 3 is 2.67 bits per heavy atom. The highest BCUT2D eigenvalue weighted by atomic mass is 32.2. The number of benzene rings is 1. The molecule has 0 amide bonds. The maximum Gasteiger partial charge on any atom is 0.241 e. The van der Waals surface area contributed by atoms with Gasteiger partial charge in [0.25, 0.3) is 0 Å². The predicted octanol–water partition coefficient (Wildman–Crippen LogP) is 2.03. The standard InChI is InChI=1S/C17H26N2O4S/c1-13-5-2-3-8-17(13,12-18)19-24(20,21)14-6-7-15-16(11-14)23-10-4-9-22-15/h6-7,11,13,19H,2-5,8-10,12,18H2,1H3. The van der Waals surface area contributed by atoms with Crippen molar-refractivity contribution in [3.8, 4) is 11.5 Å². The number of sulfonamides is 1. The Hall–Kier alpha value is -1.31. The zero-order valence-corrected chi connectivity index (χ0v) is 14.9. The number of fused-ring (bicyclic) bond motifs is 1. The highest BCUT2D eigenvalue weighted by molar-refractivity contribution is 7.89. The lowest BCUT2D eigenvalue weighted by Crippen LogP contribution is -2.58. The molecular weight excluding hydrogens is 328 g/mol. The summed E-state index contributed by atoms with van der Waals surface area (Å²) >= 11 is 0. The fourth-order valence-electron chi connectivity index (χ4n) is 3.55. The van der Waals surface area contributed by atoms with Crippen LogP contribution in [0.5, 0.6) is 11.5 Å². The van der Waals surface area contributed by atoms with Gasteiger partial charge in [-0.1, -0.05) is 19.8 Å². The van der Waals surface area contributed by atoms with E-state index in [0.717, 1.165) is 32.1 Å². The van der Waals surface area contributed by atoms with E-state index in [1.54, 1.807) is 18.2 Å². The summed E-state index contributed by atoms with van der Waals surface area (Å²) in [6.07, 6.45) is 4.65. The van der Waals surface area contributed by atoms with Gasteiger partial charge < -0.3 is 15.2 Å². The van der Waals surface area contributed by atoms with Gasteiger partial charge in [0.1, 0.15) is 0 Å². The van der Waals surface area contributed by atoms with Gasteiger partial charge >= 0.3 is 0 Å². The number of nitrogens with two attached hydrogens (primary N) is 1. The normalized spacial score (nSPS) is 27.5. The van der Waals surface area contributed by atoms with Crippen molar-refractivity contribution in [2.45, 2.75) is 49.5 Å². The van der Waals surface area contributed by atoms with E-state index in [9.17, 15) is 8.42 Å². The summed E-state index contributed by atoms with van der Waals surface area (Å²) in [6.45, 7) is 3.47. The molecule has 2 atom stereocenters. The summed E-state index contributed by atoms with van der Waals surface area (Å²) in [5, 5.41) is 0. The molecule has 3 rings (SSSR count). The molecule has 0 spiro atoms. The van der Waals surface area contributed by atoms with Gasteiger partial charge in [-0.25, -0.2) is 13.1 Å². The highest BCUT2D eigenvalue weighted by Crippen LogP contribution is 2.36. The smallest absolute Gasteiger partial charge is 0.241 e. The Bertz CT molecular complexity index is 692. The van der Waals surface area contributed by atoms with E-state index in [1.165, 1.54) is 0 Å². The van der Waals surface area contributed by atoms with Gasteiger partial charge in [0.2, 0.25) is 10.0 Å². The zero-order valence-electron chi connectivity index (χ0n) is 14.1. The number of nitrogens with one attached hydrogen (secondary N) is 1. The molecule has 2 aliphatic rings. The average molecular weight is 354 g/mol. The Balaban J connectivity index is 1.88. The van der Waals surface area contributed by atoms with Crippen LogP contribution < -0.4 is 19.9 Å². The van der Waals surface area contributed by atoms with Gasteiger partial charge in [0, 0.05) is 24.6 Å². The van der Waals surface area contributed by atoms with Crippen molar-refractivity contribution < 1.29 is 17.9 Å². The van der Waals surface area contributed by atoms with Crippen molar-refractivity contribution in [3.05, 3.63) is 18.2 Å². The van der Waals surface area contributed by atoms with Crippen molar-refractivity contribution in [2.24, 2.45) is 11.7 Å². The first-order valence-corrected chi connectivity index (χ1v) is 10.1. The maximum atomic E-state index is 12.9. The molecule has 1 aromatic carbocycles. The van der Waals surface area contributed by atoms with Crippen LogP contribution in [0.3, 0.4) is 0 Å². The van der Waals surface area contributed by atoms with Gasteiger partial charge in [0.15, 0.2) is 11.5 Å². The molecule has 1 aliphatic heterocycles. The Morgan fingerprint density at radius 2 is 1.96 bits per heavy atom. The van der Waals surface area contributed by atoms with Crippen LogP contribution in [0, 0.1) is 5.92 Å². The fraction of sp³-hybridized carbons (Fsp3) is 0.647. The third-order valence-corrected chi connectivity index (χ3v) is 6.73. The fourth-order valence-corrected chi connectivity index (χ4v) is 5.10. The molecule has 0 radical (unpaired) electrons. The minimum Gasteiger partial charge on any atom is -0.490 e. The van der Waals surface area contributed by atoms with E-state index >= 15 is 0 Å². The first kappa shape index (κ1) is 17.5. The second kappa shape index (κ2) is 6.90. The summed E-state index contributed by atoms with van der Waals surface area (Å²) in [5.74, 6) is 1.28. The second-order valence-corrected chi connectivity index (χ2v) is 8.45. The number of ether oxygens (including phenoxy) is 2. The van der Waals surface area contributed by atoms with Crippen LogP contribution in [-0.4, -0.2) is 33.7 Å². The molecule has 0 aromatic heterocycles. The lowest BCUT2D eigenvalue weighted by atomic mass is 9.74. The average Bonchev–Trinajstić information content (AvgIpc) is 2.81. The van der Waals surface area contributed by atoms with Crippen LogP contribution in [0.1, 0.15) is 39.0 Å². The molecule has 1 aromatic rings. The van der Waals surface area contributed by atoms with Crippen molar-refractivity contribution in [1.29, 1.82) is 0 Å². The third kappa shape index (κ3) is 3.38. The maximum absolute atomic E-state index is 12.9. The molecule has 0 bridgehead atoms. The van der Waals surface area contributed by atoms with Crippen molar-refractivity contribution in [2.75, 3.05) is 19.8 Å². The van der Waals surface area contributed by atoms with Crippen LogP contribution in [0.25, 0.3) is 0 Å². The molecule has 2 unspecified atom stereocenters. The Labute approximate surface area is 143 Å². The van der Waals surface area contributed by atoms with Gasteiger partial charge in [-0.2, -0.15) is 0 Å². The molecule has 1 fully saturated rings. The van der Waals surface area contributed by atoms with Crippen molar-refractivity contribution >= 4 is 10.0 Å². The van der Waals surface area contributed by atoms with Gasteiger partial charge in [-0.05, 0) is 30.9 Å². The summed E-state index contributed by atoms with van der Waals surface area (Å²) in [4.78, 5) is 0.192. The topological polar surface area (TPSA) is 90.7 Å². The summed E-state index contributed by atoms with van der Waals surface area (Å²) in [7, 11) is -3.67. The minimum atomic E-state index is -3.67. The van der Waals surface area contributed by atoms with Gasteiger partial charge in [0.05, 0.1) is 18.1 Å². The number of hydrogen-bond donors (Lipinski definition) is 2. The highest BCUT2D eigenvalue weighted by Gasteiger charge is 2.40. The molecule has 0 saturated heterocycles. The molecule has 6 nitrogen and oxygen atoms in total. The van der Waals surface area contributed by atoms with Crippen LogP contribution in [0.2, 0.25) is 0 Å². The summed E-state index contributed by atoms with van der Waals surface area (Å²) in [5.41, 5.74) is 5.41. The molecule has 24 heavy (non-hydrogen) atoms. The molecule has 3 N–H and O–H groups in total. The summed E-state index contributed by atoms with van der Waals surface area (Å²) < 4.78 is 39.9. The number of rotatable bonds is 4. The van der Waals surface area contributed by atoms with E-state index in [1.807, 2.05) is 0 Å². The molecule has 1 saturated carbocycles. The van der Waals surface area contributed by atoms with Gasteiger partial charge in [-0.3, -0.25) is 0 Å². The van der Waals surface area contributed by atoms with Crippen molar-refractivity contribution in [1.82, 2.24) is 4.72 Å². The minimum absolute atomic E-state index is 0.192. The lowest BCUT2D eigenvalue weighted by Gasteiger charge is -2.42. The van der Waals surface area contributed by atoms with Crippen LogP contribution in [0.15, 0.2) is 23.1 Å². The van der Waals surface area contributed by atoms with E-state index in [-0.39, 0.29) is 10.8 Å². The SMILES string of the molecule is CC1CCCCC1(CN)NS(=O)(=O)c1ccc2c(c1)OCCCO2. The molecule has 7 heteroatoms. The van der Waals surface area contributed by atoms with Gasteiger partial charge in [-0.15, -0.1) is 0 Å². The summed E-state index contributed by atoms with van der Waals surface area (Å²) in [6, 6.07) is 4.77. The van der Waals surface area contributed by atoms with Crippen LogP contribution in [0.4, 0.5) is 0 Å². The van der Waals surface area contributed by atoms with Crippen LogP contribution in [-0.2, 0) is 10.0 Å². The van der Waals surface area contributed by atoms with E-state index in [0.29, 0.717) is 31.3 Å². The monoisotopic (exact) mass is 354 g/mol. The quantitative estimate of drug-likeness (QED) is 0.863.